The number of carbonyl (C=O) groups is 1. The van der Waals surface area contributed by atoms with Crippen molar-refractivity contribution in [2.45, 2.75) is 32.1 Å². The molecule has 0 aromatic heterocycles. The zero-order valence-electron chi connectivity index (χ0n) is 9.04. The summed E-state index contributed by atoms with van der Waals surface area (Å²) < 4.78 is 0. The molecule has 0 unspecified atom stereocenters. The molecule has 0 saturated heterocycles. The minimum absolute atomic E-state index is 0.102. The number of amides is 1. The lowest BCUT2D eigenvalue weighted by Crippen LogP contribution is -2.10. The lowest BCUT2D eigenvalue weighted by atomic mass is 10.1. The van der Waals surface area contributed by atoms with E-state index >= 15 is 0 Å². The van der Waals surface area contributed by atoms with Gasteiger partial charge < -0.3 is 5.32 Å². The number of unbranched alkanes of at least 4 members (excludes halogenated alkanes) is 3. The van der Waals surface area contributed by atoms with E-state index in [1.54, 1.807) is 0 Å². The van der Waals surface area contributed by atoms with Gasteiger partial charge in [-0.1, -0.05) is 44.4 Å². The van der Waals surface area contributed by atoms with Crippen molar-refractivity contribution < 1.29 is 4.79 Å². The SMILES string of the molecule is [CH2]CCCCCC(=O)Nc1ccccc1. The Morgan fingerprint density at radius 2 is 1.87 bits per heavy atom. The Morgan fingerprint density at radius 1 is 1.13 bits per heavy atom. The van der Waals surface area contributed by atoms with E-state index in [0.717, 1.165) is 31.4 Å². The van der Waals surface area contributed by atoms with Crippen molar-refractivity contribution in [2.24, 2.45) is 0 Å². The number of nitrogens with one attached hydrogen (secondary N) is 1. The molecule has 81 valence electrons. The lowest BCUT2D eigenvalue weighted by Gasteiger charge is -2.04. The van der Waals surface area contributed by atoms with Gasteiger partial charge in [0.05, 0.1) is 0 Å². The minimum atomic E-state index is 0.102. The number of anilines is 1. The summed E-state index contributed by atoms with van der Waals surface area (Å²) in [6.07, 6.45) is 4.72. The Bertz CT molecular complexity index is 282. The molecule has 15 heavy (non-hydrogen) atoms. The van der Waals surface area contributed by atoms with E-state index in [4.69, 9.17) is 0 Å². The monoisotopic (exact) mass is 204 g/mol. The quantitative estimate of drug-likeness (QED) is 0.707. The average molecular weight is 204 g/mol. The van der Waals surface area contributed by atoms with Gasteiger partial charge in [0.1, 0.15) is 0 Å². The molecule has 0 fully saturated rings. The third-order valence-electron chi connectivity index (χ3n) is 2.21. The topological polar surface area (TPSA) is 29.1 Å². The van der Waals surface area contributed by atoms with Gasteiger partial charge in [-0.25, -0.2) is 0 Å². The summed E-state index contributed by atoms with van der Waals surface area (Å²) in [6, 6.07) is 9.56. The molecule has 0 bridgehead atoms. The van der Waals surface area contributed by atoms with Crippen LogP contribution in [0.4, 0.5) is 5.69 Å². The molecule has 0 aliphatic heterocycles. The molecule has 2 heteroatoms. The second-order valence-corrected chi connectivity index (χ2v) is 3.58. The first-order valence-electron chi connectivity index (χ1n) is 5.47. The van der Waals surface area contributed by atoms with Crippen LogP contribution >= 0.6 is 0 Å². The molecule has 1 aromatic carbocycles. The van der Waals surface area contributed by atoms with Gasteiger partial charge in [0.25, 0.3) is 0 Å². The molecule has 0 aliphatic rings. The van der Waals surface area contributed by atoms with Crippen molar-refractivity contribution >= 4 is 11.6 Å². The molecule has 1 radical (unpaired) electrons. The Morgan fingerprint density at radius 3 is 2.53 bits per heavy atom. The van der Waals surface area contributed by atoms with Crippen molar-refractivity contribution in [1.82, 2.24) is 0 Å². The van der Waals surface area contributed by atoms with Crippen molar-refractivity contribution in [3.05, 3.63) is 37.3 Å². The van der Waals surface area contributed by atoms with Crippen LogP contribution in [0.5, 0.6) is 0 Å². The fourth-order valence-corrected chi connectivity index (χ4v) is 1.38. The van der Waals surface area contributed by atoms with E-state index in [-0.39, 0.29) is 5.91 Å². The molecule has 0 aliphatic carbocycles. The van der Waals surface area contributed by atoms with E-state index in [2.05, 4.69) is 12.2 Å². The largest absolute Gasteiger partial charge is 0.326 e. The third kappa shape index (κ3) is 5.21. The number of hydrogen-bond donors (Lipinski definition) is 1. The molecular formula is C13H18NO. The molecule has 1 amide bonds. The highest BCUT2D eigenvalue weighted by molar-refractivity contribution is 5.90. The van der Waals surface area contributed by atoms with E-state index in [0.29, 0.717) is 6.42 Å². The van der Waals surface area contributed by atoms with Crippen LogP contribution in [0.25, 0.3) is 0 Å². The maximum absolute atomic E-state index is 11.4. The molecule has 0 heterocycles. The second kappa shape index (κ2) is 7.04. The first-order chi connectivity index (χ1) is 7.33. The Hall–Kier alpha value is -1.31. The molecule has 0 saturated carbocycles. The molecule has 2 nitrogen and oxygen atoms in total. The molecule has 1 aromatic rings. The van der Waals surface area contributed by atoms with Gasteiger partial charge in [0, 0.05) is 12.1 Å². The highest BCUT2D eigenvalue weighted by atomic mass is 16.1. The van der Waals surface area contributed by atoms with Crippen LogP contribution < -0.4 is 5.32 Å². The highest BCUT2D eigenvalue weighted by Gasteiger charge is 2.00. The van der Waals surface area contributed by atoms with Gasteiger partial charge in [-0.05, 0) is 18.6 Å². The number of rotatable bonds is 6. The maximum Gasteiger partial charge on any atom is 0.224 e. The van der Waals surface area contributed by atoms with Gasteiger partial charge in [-0.15, -0.1) is 0 Å². The van der Waals surface area contributed by atoms with Gasteiger partial charge in [-0.3, -0.25) is 4.79 Å². The number of para-hydroxylation sites is 1. The van der Waals surface area contributed by atoms with E-state index in [9.17, 15) is 4.79 Å². The smallest absolute Gasteiger partial charge is 0.224 e. The average Bonchev–Trinajstić information content (AvgIpc) is 2.26. The first-order valence-corrected chi connectivity index (χ1v) is 5.47. The fraction of sp³-hybridized carbons (Fsp3) is 0.385. The third-order valence-corrected chi connectivity index (χ3v) is 2.21. The molecule has 1 rings (SSSR count). The number of benzene rings is 1. The van der Waals surface area contributed by atoms with Crippen molar-refractivity contribution in [1.29, 1.82) is 0 Å². The molecule has 1 N–H and O–H groups in total. The Labute approximate surface area is 91.7 Å². The van der Waals surface area contributed by atoms with Crippen LogP contribution in [0.15, 0.2) is 30.3 Å². The summed E-state index contributed by atoms with van der Waals surface area (Å²) in [4.78, 5) is 11.4. The van der Waals surface area contributed by atoms with Crippen LogP contribution in [0.1, 0.15) is 32.1 Å². The van der Waals surface area contributed by atoms with Crippen molar-refractivity contribution in [3.63, 3.8) is 0 Å². The Balaban J connectivity index is 2.19. The normalized spacial score (nSPS) is 9.93. The zero-order valence-corrected chi connectivity index (χ0v) is 9.04. The van der Waals surface area contributed by atoms with Gasteiger partial charge in [-0.2, -0.15) is 0 Å². The molecule has 0 atom stereocenters. The molecular weight excluding hydrogens is 186 g/mol. The summed E-state index contributed by atoms with van der Waals surface area (Å²) in [6.45, 7) is 3.77. The zero-order chi connectivity index (χ0) is 10.9. The Kier molecular flexibility index (Phi) is 5.52. The summed E-state index contributed by atoms with van der Waals surface area (Å²) in [7, 11) is 0. The number of carbonyl (C=O) groups excluding carboxylic acids is 1. The summed E-state index contributed by atoms with van der Waals surface area (Å²) in [5, 5.41) is 2.86. The summed E-state index contributed by atoms with van der Waals surface area (Å²) >= 11 is 0. The van der Waals surface area contributed by atoms with Crippen LogP contribution in [-0.2, 0) is 4.79 Å². The number of hydrogen-bond acceptors (Lipinski definition) is 1. The van der Waals surface area contributed by atoms with Crippen molar-refractivity contribution in [2.75, 3.05) is 5.32 Å². The van der Waals surface area contributed by atoms with Crippen LogP contribution in [0.2, 0.25) is 0 Å². The van der Waals surface area contributed by atoms with E-state index in [1.807, 2.05) is 30.3 Å². The second-order valence-electron chi connectivity index (χ2n) is 3.58. The predicted octanol–water partition coefficient (Wildman–Crippen LogP) is 3.41. The van der Waals surface area contributed by atoms with Crippen LogP contribution in [0, 0.1) is 6.92 Å². The van der Waals surface area contributed by atoms with Gasteiger partial charge in [0.2, 0.25) is 5.91 Å². The van der Waals surface area contributed by atoms with E-state index in [1.165, 1.54) is 0 Å². The van der Waals surface area contributed by atoms with E-state index < -0.39 is 0 Å². The van der Waals surface area contributed by atoms with Crippen LogP contribution in [-0.4, -0.2) is 5.91 Å². The maximum atomic E-state index is 11.4. The highest BCUT2D eigenvalue weighted by Crippen LogP contribution is 2.07. The first kappa shape index (κ1) is 11.8. The van der Waals surface area contributed by atoms with Gasteiger partial charge in [0.15, 0.2) is 0 Å². The fourth-order valence-electron chi connectivity index (χ4n) is 1.38. The van der Waals surface area contributed by atoms with Gasteiger partial charge >= 0.3 is 0 Å². The summed E-state index contributed by atoms with van der Waals surface area (Å²) in [5.74, 6) is 0.102. The standard InChI is InChI=1S/C13H18NO/c1-2-3-4-8-11-13(15)14-12-9-6-5-7-10-12/h5-7,9-10H,1-4,8,11H2,(H,14,15). The lowest BCUT2D eigenvalue weighted by molar-refractivity contribution is -0.116. The summed E-state index contributed by atoms with van der Waals surface area (Å²) in [5.41, 5.74) is 0.875. The van der Waals surface area contributed by atoms with Crippen LogP contribution in [0.3, 0.4) is 0 Å². The predicted molar refractivity (Wildman–Crippen MR) is 63.5 cm³/mol. The minimum Gasteiger partial charge on any atom is -0.326 e. The molecule has 0 spiro atoms. The van der Waals surface area contributed by atoms with Crippen molar-refractivity contribution in [3.8, 4) is 0 Å².